The average molecular weight is 225 g/mol. The zero-order valence-corrected chi connectivity index (χ0v) is 10.2. The quantitative estimate of drug-likeness (QED) is 0.786. The maximum absolute atomic E-state index is 11.7. The molecule has 1 unspecified atom stereocenters. The van der Waals surface area contributed by atoms with E-state index in [-0.39, 0.29) is 18.4 Å². The first kappa shape index (κ1) is 12.7. The number of amides is 1. The van der Waals surface area contributed by atoms with Crippen LogP contribution in [-0.4, -0.2) is 32.9 Å². The smallest absolute Gasteiger partial charge is 0.269 e. The van der Waals surface area contributed by atoms with Crippen molar-refractivity contribution in [3.8, 4) is 0 Å². The highest BCUT2D eigenvalue weighted by atomic mass is 16.3. The number of nitrogens with zero attached hydrogens (tertiary/aromatic N) is 2. The lowest BCUT2D eigenvalue weighted by atomic mass is 9.92. The second kappa shape index (κ2) is 4.65. The minimum atomic E-state index is -0.895. The Kier molecular flexibility index (Phi) is 3.70. The molecule has 0 radical (unpaired) electrons. The first-order valence-electron chi connectivity index (χ1n) is 5.33. The van der Waals surface area contributed by atoms with Crippen LogP contribution in [0.3, 0.4) is 0 Å². The highest BCUT2D eigenvalue weighted by Gasteiger charge is 2.25. The van der Waals surface area contributed by atoms with Crippen LogP contribution >= 0.6 is 0 Å². The van der Waals surface area contributed by atoms with Crippen LogP contribution in [-0.2, 0) is 7.05 Å². The molecule has 5 heteroatoms. The summed E-state index contributed by atoms with van der Waals surface area (Å²) in [6, 6.07) is 1.64. The van der Waals surface area contributed by atoms with Crippen molar-refractivity contribution in [2.24, 2.45) is 13.0 Å². The number of carbonyl (C=O) groups is 1. The molecule has 90 valence electrons. The van der Waals surface area contributed by atoms with E-state index in [1.807, 2.05) is 13.8 Å². The summed E-state index contributed by atoms with van der Waals surface area (Å²) < 4.78 is 1.50. The van der Waals surface area contributed by atoms with Gasteiger partial charge in [-0.25, -0.2) is 0 Å². The second-order valence-corrected chi connectivity index (χ2v) is 4.53. The highest BCUT2D eigenvalue weighted by molar-refractivity contribution is 5.92. The average Bonchev–Trinajstić information content (AvgIpc) is 2.61. The molecule has 1 aromatic rings. The third kappa shape index (κ3) is 2.82. The summed E-state index contributed by atoms with van der Waals surface area (Å²) in [6.07, 6.45) is 1.56. The summed E-state index contributed by atoms with van der Waals surface area (Å²) in [6.45, 7) is 5.77. The lowest BCUT2D eigenvalue weighted by molar-refractivity contribution is 0.0141. The van der Waals surface area contributed by atoms with E-state index in [0.717, 1.165) is 0 Å². The Labute approximate surface area is 95.5 Å². The van der Waals surface area contributed by atoms with Crippen LogP contribution in [0.5, 0.6) is 0 Å². The Morgan fingerprint density at radius 2 is 2.31 bits per heavy atom. The van der Waals surface area contributed by atoms with E-state index in [4.69, 9.17) is 0 Å². The van der Waals surface area contributed by atoms with Crippen LogP contribution in [0.2, 0.25) is 0 Å². The minimum absolute atomic E-state index is 0.0827. The van der Waals surface area contributed by atoms with Crippen molar-refractivity contribution in [1.29, 1.82) is 0 Å². The summed E-state index contributed by atoms with van der Waals surface area (Å²) in [5.74, 6) is -0.139. The number of carbonyl (C=O) groups excluding carboxylic acids is 1. The molecule has 0 aliphatic carbocycles. The lowest BCUT2D eigenvalue weighted by Gasteiger charge is -2.27. The van der Waals surface area contributed by atoms with E-state index in [1.165, 1.54) is 4.68 Å². The number of hydrogen-bond acceptors (Lipinski definition) is 3. The SMILES string of the molecule is CC(C)C(C)(O)CNC(=O)c1ccnn1C. The van der Waals surface area contributed by atoms with Crippen LogP contribution in [0.25, 0.3) is 0 Å². The van der Waals surface area contributed by atoms with Crippen LogP contribution in [0, 0.1) is 5.92 Å². The molecular weight excluding hydrogens is 206 g/mol. The van der Waals surface area contributed by atoms with Gasteiger partial charge in [0.2, 0.25) is 0 Å². The second-order valence-electron chi connectivity index (χ2n) is 4.53. The van der Waals surface area contributed by atoms with Gasteiger partial charge in [-0.2, -0.15) is 5.10 Å². The molecule has 0 aliphatic rings. The largest absolute Gasteiger partial charge is 0.388 e. The van der Waals surface area contributed by atoms with Gasteiger partial charge in [-0.15, -0.1) is 0 Å². The van der Waals surface area contributed by atoms with Crippen LogP contribution in [0.15, 0.2) is 12.3 Å². The van der Waals surface area contributed by atoms with Gasteiger partial charge >= 0.3 is 0 Å². The molecule has 1 heterocycles. The van der Waals surface area contributed by atoms with Gasteiger partial charge in [0.05, 0.1) is 5.60 Å². The van der Waals surface area contributed by atoms with Gasteiger partial charge in [-0.3, -0.25) is 9.48 Å². The predicted molar refractivity (Wildman–Crippen MR) is 61.0 cm³/mol. The van der Waals surface area contributed by atoms with Crippen molar-refractivity contribution in [2.45, 2.75) is 26.4 Å². The summed E-state index contributed by atoms with van der Waals surface area (Å²) in [5, 5.41) is 16.6. The Hall–Kier alpha value is -1.36. The van der Waals surface area contributed by atoms with Crippen molar-refractivity contribution in [2.75, 3.05) is 6.54 Å². The Morgan fingerprint density at radius 3 is 2.75 bits per heavy atom. The number of aromatic nitrogens is 2. The fourth-order valence-electron chi connectivity index (χ4n) is 1.15. The molecular formula is C11H19N3O2. The molecule has 2 N–H and O–H groups in total. The molecule has 16 heavy (non-hydrogen) atoms. The van der Waals surface area contributed by atoms with Gasteiger partial charge in [0.25, 0.3) is 5.91 Å². The molecule has 1 aromatic heterocycles. The van der Waals surface area contributed by atoms with E-state index in [2.05, 4.69) is 10.4 Å². The molecule has 0 fully saturated rings. The summed E-state index contributed by atoms with van der Waals surface area (Å²) >= 11 is 0. The first-order chi connectivity index (χ1) is 7.34. The maximum Gasteiger partial charge on any atom is 0.269 e. The van der Waals surface area contributed by atoms with Crippen LogP contribution < -0.4 is 5.32 Å². The van der Waals surface area contributed by atoms with Crippen molar-refractivity contribution in [3.63, 3.8) is 0 Å². The molecule has 0 saturated heterocycles. The van der Waals surface area contributed by atoms with Gasteiger partial charge in [0.15, 0.2) is 0 Å². The normalized spacial score (nSPS) is 14.9. The number of nitrogens with one attached hydrogen (secondary N) is 1. The maximum atomic E-state index is 11.7. The zero-order chi connectivity index (χ0) is 12.3. The van der Waals surface area contributed by atoms with E-state index in [1.54, 1.807) is 26.2 Å². The Bertz CT molecular complexity index is 369. The summed E-state index contributed by atoms with van der Waals surface area (Å²) in [4.78, 5) is 11.7. The van der Waals surface area contributed by atoms with E-state index < -0.39 is 5.60 Å². The number of aryl methyl sites for hydroxylation is 1. The summed E-state index contributed by atoms with van der Waals surface area (Å²) in [5.41, 5.74) is -0.409. The third-order valence-electron chi connectivity index (χ3n) is 2.90. The molecule has 1 atom stereocenters. The molecule has 1 amide bonds. The van der Waals surface area contributed by atoms with E-state index in [0.29, 0.717) is 5.69 Å². The van der Waals surface area contributed by atoms with Crippen molar-refractivity contribution >= 4 is 5.91 Å². The van der Waals surface area contributed by atoms with Gasteiger partial charge in [0.1, 0.15) is 5.69 Å². The van der Waals surface area contributed by atoms with Crippen molar-refractivity contribution in [1.82, 2.24) is 15.1 Å². The van der Waals surface area contributed by atoms with Gasteiger partial charge in [0, 0.05) is 19.8 Å². The predicted octanol–water partition coefficient (Wildman–Crippen LogP) is 0.557. The lowest BCUT2D eigenvalue weighted by Crippen LogP contribution is -2.44. The third-order valence-corrected chi connectivity index (χ3v) is 2.90. The molecule has 0 aliphatic heterocycles. The molecule has 1 rings (SSSR count). The van der Waals surface area contributed by atoms with Crippen molar-refractivity contribution < 1.29 is 9.90 Å². The van der Waals surface area contributed by atoms with Crippen molar-refractivity contribution in [3.05, 3.63) is 18.0 Å². The van der Waals surface area contributed by atoms with Gasteiger partial charge in [-0.1, -0.05) is 13.8 Å². The Balaban J connectivity index is 2.58. The highest BCUT2D eigenvalue weighted by Crippen LogP contribution is 2.14. The Morgan fingerprint density at radius 1 is 1.69 bits per heavy atom. The molecule has 0 saturated carbocycles. The monoisotopic (exact) mass is 225 g/mol. The van der Waals surface area contributed by atoms with Gasteiger partial charge in [-0.05, 0) is 18.9 Å². The molecule has 0 aromatic carbocycles. The molecule has 5 nitrogen and oxygen atoms in total. The molecule has 0 bridgehead atoms. The standard InChI is InChI=1S/C11H19N3O2/c1-8(2)11(3,16)7-12-10(15)9-5-6-13-14(9)4/h5-6,8,16H,7H2,1-4H3,(H,12,15). The fraction of sp³-hybridized carbons (Fsp3) is 0.636. The first-order valence-corrected chi connectivity index (χ1v) is 5.33. The van der Waals surface area contributed by atoms with E-state index in [9.17, 15) is 9.90 Å². The van der Waals surface area contributed by atoms with Gasteiger partial charge < -0.3 is 10.4 Å². The number of rotatable bonds is 4. The van der Waals surface area contributed by atoms with Crippen LogP contribution in [0.1, 0.15) is 31.3 Å². The topological polar surface area (TPSA) is 67.2 Å². The van der Waals surface area contributed by atoms with Crippen LogP contribution in [0.4, 0.5) is 0 Å². The molecule has 0 spiro atoms. The number of aliphatic hydroxyl groups is 1. The summed E-state index contributed by atoms with van der Waals surface area (Å²) in [7, 11) is 1.70. The number of hydrogen-bond donors (Lipinski definition) is 2. The van der Waals surface area contributed by atoms with E-state index >= 15 is 0 Å². The minimum Gasteiger partial charge on any atom is -0.388 e. The fourth-order valence-corrected chi connectivity index (χ4v) is 1.15. The zero-order valence-electron chi connectivity index (χ0n) is 10.2.